The summed E-state index contributed by atoms with van der Waals surface area (Å²) in [7, 11) is 0. The van der Waals surface area contributed by atoms with Crippen LogP contribution in [0, 0.1) is 19.8 Å². The second-order valence-electron chi connectivity index (χ2n) is 7.32. The molecule has 0 aliphatic carbocycles. The van der Waals surface area contributed by atoms with Gasteiger partial charge in [-0.3, -0.25) is 9.59 Å². The monoisotopic (exact) mass is 385 g/mol. The number of hydrogen-bond acceptors (Lipinski definition) is 5. The molecule has 1 N–H and O–H groups in total. The molecule has 0 saturated heterocycles. The summed E-state index contributed by atoms with van der Waals surface area (Å²) < 4.78 is 10.9. The van der Waals surface area contributed by atoms with Crippen LogP contribution in [0.4, 0.5) is 0 Å². The number of carbonyl (C=O) groups is 3. The van der Waals surface area contributed by atoms with E-state index in [2.05, 4.69) is 18.8 Å². The van der Waals surface area contributed by atoms with Crippen molar-refractivity contribution in [3.8, 4) is 5.75 Å². The molecular weight excluding hydrogens is 358 g/mol. The fourth-order valence-corrected chi connectivity index (χ4v) is 2.96. The number of nitrogens with one attached hydrogen (secondary N) is 1. The van der Waals surface area contributed by atoms with Crippen molar-refractivity contribution >= 4 is 17.5 Å². The molecule has 0 bridgehead atoms. The molecule has 150 valence electrons. The highest BCUT2D eigenvalue weighted by molar-refractivity contribution is 6.05. The fraction of sp³-hybridized carbons (Fsp3) is 0.409. The van der Waals surface area contributed by atoms with Gasteiger partial charge in [-0.05, 0) is 63.4 Å². The van der Waals surface area contributed by atoms with Gasteiger partial charge >= 0.3 is 5.97 Å². The third-order valence-electron chi connectivity index (χ3n) is 4.36. The number of ether oxygens (including phenoxy) is 2. The molecule has 2 aromatic rings. The van der Waals surface area contributed by atoms with Crippen molar-refractivity contribution in [2.75, 3.05) is 6.61 Å². The van der Waals surface area contributed by atoms with Crippen LogP contribution in [-0.2, 0) is 4.74 Å². The van der Waals surface area contributed by atoms with Gasteiger partial charge < -0.3 is 14.5 Å². The molecule has 2 rings (SSSR count). The van der Waals surface area contributed by atoms with Crippen molar-refractivity contribution in [1.82, 2.24) is 4.98 Å². The second-order valence-corrected chi connectivity index (χ2v) is 7.32. The van der Waals surface area contributed by atoms with Gasteiger partial charge in [0.15, 0.2) is 11.9 Å². The molecule has 1 atom stereocenters. The van der Waals surface area contributed by atoms with Gasteiger partial charge in [0.05, 0.1) is 17.9 Å². The predicted octanol–water partition coefficient (Wildman–Crippen LogP) is 4.30. The lowest BCUT2D eigenvalue weighted by Gasteiger charge is -2.13. The number of esters is 1. The summed E-state index contributed by atoms with van der Waals surface area (Å²) in [6.07, 6.45) is -0.985. The van der Waals surface area contributed by atoms with Crippen LogP contribution in [0.2, 0.25) is 0 Å². The van der Waals surface area contributed by atoms with Gasteiger partial charge in [0.2, 0.25) is 5.78 Å². The average Bonchev–Trinajstić information content (AvgIpc) is 2.93. The number of aromatic amines is 1. The number of H-pyrrole nitrogens is 1. The second kappa shape index (κ2) is 8.87. The molecule has 28 heavy (non-hydrogen) atoms. The maximum Gasteiger partial charge on any atom is 0.338 e. The Kier molecular flexibility index (Phi) is 6.78. The zero-order valence-electron chi connectivity index (χ0n) is 17.2. The predicted molar refractivity (Wildman–Crippen MR) is 106 cm³/mol. The minimum Gasteiger partial charge on any atom is -0.493 e. The maximum absolute atomic E-state index is 12.7. The van der Waals surface area contributed by atoms with Crippen LogP contribution in [0.15, 0.2) is 24.3 Å². The Morgan fingerprint density at radius 2 is 1.64 bits per heavy atom. The normalized spacial score (nSPS) is 12.0. The third-order valence-corrected chi connectivity index (χ3v) is 4.36. The lowest BCUT2D eigenvalue weighted by molar-refractivity contribution is 0.0317. The molecule has 1 heterocycles. The Bertz CT molecular complexity index is 877. The summed E-state index contributed by atoms with van der Waals surface area (Å²) in [6, 6.07) is 6.60. The largest absolute Gasteiger partial charge is 0.493 e. The van der Waals surface area contributed by atoms with E-state index in [1.807, 2.05) is 0 Å². The van der Waals surface area contributed by atoms with E-state index in [4.69, 9.17) is 9.47 Å². The lowest BCUT2D eigenvalue weighted by atomic mass is 10.0. The average molecular weight is 385 g/mol. The Hall–Kier alpha value is -2.89. The zero-order valence-corrected chi connectivity index (χ0v) is 17.2. The fourth-order valence-electron chi connectivity index (χ4n) is 2.96. The topological polar surface area (TPSA) is 85.5 Å². The number of aromatic nitrogens is 1. The number of hydrogen-bond donors (Lipinski definition) is 1. The lowest BCUT2D eigenvalue weighted by Crippen LogP contribution is -2.25. The van der Waals surface area contributed by atoms with Crippen LogP contribution in [0.5, 0.6) is 5.75 Å². The first-order chi connectivity index (χ1) is 13.1. The van der Waals surface area contributed by atoms with E-state index in [1.165, 1.54) is 13.8 Å². The van der Waals surface area contributed by atoms with E-state index >= 15 is 0 Å². The molecule has 0 amide bonds. The molecule has 1 aromatic heterocycles. The Balaban J connectivity index is 2.07. The summed E-state index contributed by atoms with van der Waals surface area (Å²) in [6.45, 7) is 11.1. The van der Waals surface area contributed by atoms with E-state index in [1.54, 1.807) is 38.1 Å². The van der Waals surface area contributed by atoms with Crippen molar-refractivity contribution in [3.05, 3.63) is 52.3 Å². The minimum atomic E-state index is -0.985. The summed E-state index contributed by atoms with van der Waals surface area (Å²) in [5, 5.41) is 0. The summed E-state index contributed by atoms with van der Waals surface area (Å²) in [5.41, 5.74) is 2.33. The van der Waals surface area contributed by atoms with Crippen LogP contribution >= 0.6 is 0 Å². The number of rotatable bonds is 8. The van der Waals surface area contributed by atoms with Crippen molar-refractivity contribution < 1.29 is 23.9 Å². The molecule has 0 unspecified atom stereocenters. The van der Waals surface area contributed by atoms with Crippen LogP contribution in [0.25, 0.3) is 0 Å². The summed E-state index contributed by atoms with van der Waals surface area (Å²) in [4.78, 5) is 39.7. The van der Waals surface area contributed by atoms with Crippen LogP contribution < -0.4 is 4.74 Å². The van der Waals surface area contributed by atoms with Crippen LogP contribution in [0.1, 0.15) is 70.2 Å². The number of carbonyl (C=O) groups excluding carboxylic acids is 3. The first-order valence-corrected chi connectivity index (χ1v) is 9.30. The molecule has 0 fully saturated rings. The van der Waals surface area contributed by atoms with Gasteiger partial charge in [-0.2, -0.15) is 0 Å². The van der Waals surface area contributed by atoms with E-state index in [0.717, 1.165) is 0 Å². The van der Waals surface area contributed by atoms with Crippen LogP contribution in [0.3, 0.4) is 0 Å². The zero-order chi connectivity index (χ0) is 21.0. The third kappa shape index (κ3) is 4.88. The van der Waals surface area contributed by atoms with Crippen molar-refractivity contribution in [2.24, 2.45) is 5.92 Å². The number of Topliss-reactive ketones (excluding diaryl/α,β-unsaturated/α-hetero) is 2. The Morgan fingerprint density at radius 1 is 1.04 bits per heavy atom. The standard InChI is InChI=1S/C22H27NO5/c1-12(2)11-27-18-9-7-17(8-10-18)22(26)28-16(6)21(25)20-13(3)19(15(5)24)14(4)23-20/h7-10,12,16,23H,11H2,1-6H3/t16-/m1/s1. The molecule has 0 radical (unpaired) electrons. The van der Waals surface area contributed by atoms with Crippen molar-refractivity contribution in [1.29, 1.82) is 0 Å². The smallest absolute Gasteiger partial charge is 0.338 e. The van der Waals surface area contributed by atoms with E-state index in [9.17, 15) is 14.4 Å². The first-order valence-electron chi connectivity index (χ1n) is 9.30. The molecule has 0 saturated carbocycles. The highest BCUT2D eigenvalue weighted by Gasteiger charge is 2.26. The van der Waals surface area contributed by atoms with E-state index in [-0.39, 0.29) is 11.6 Å². The number of aryl methyl sites for hydroxylation is 1. The highest BCUT2D eigenvalue weighted by atomic mass is 16.5. The summed E-state index contributed by atoms with van der Waals surface area (Å²) >= 11 is 0. The van der Waals surface area contributed by atoms with Crippen LogP contribution in [-0.4, -0.2) is 35.2 Å². The Labute approximate surface area is 165 Å². The minimum absolute atomic E-state index is 0.116. The Morgan fingerprint density at radius 3 is 2.14 bits per heavy atom. The molecular formula is C22H27NO5. The van der Waals surface area contributed by atoms with Gasteiger partial charge in [0.1, 0.15) is 5.75 Å². The molecule has 1 aromatic carbocycles. The molecule has 6 heteroatoms. The van der Waals surface area contributed by atoms with Gasteiger partial charge in [-0.25, -0.2) is 4.79 Å². The molecule has 6 nitrogen and oxygen atoms in total. The maximum atomic E-state index is 12.7. The van der Waals surface area contributed by atoms with Crippen molar-refractivity contribution in [3.63, 3.8) is 0 Å². The van der Waals surface area contributed by atoms with Gasteiger partial charge in [0, 0.05) is 11.3 Å². The van der Waals surface area contributed by atoms with E-state index in [0.29, 0.717) is 46.4 Å². The summed E-state index contributed by atoms with van der Waals surface area (Å²) in [5.74, 6) is -0.0132. The van der Waals surface area contributed by atoms with Gasteiger partial charge in [0.25, 0.3) is 0 Å². The molecule has 0 aliphatic heterocycles. The quantitative estimate of drug-likeness (QED) is 0.541. The van der Waals surface area contributed by atoms with Gasteiger partial charge in [-0.1, -0.05) is 13.8 Å². The van der Waals surface area contributed by atoms with Crippen molar-refractivity contribution in [2.45, 2.75) is 47.6 Å². The first kappa shape index (κ1) is 21.4. The molecule has 0 spiro atoms. The highest BCUT2D eigenvalue weighted by Crippen LogP contribution is 2.21. The SMILES string of the molecule is CC(=O)c1c(C)[nH]c(C(=O)[C@@H](C)OC(=O)c2ccc(OCC(C)C)cc2)c1C. The number of benzene rings is 1. The molecule has 0 aliphatic rings. The number of ketones is 2. The van der Waals surface area contributed by atoms with Gasteiger partial charge in [-0.15, -0.1) is 0 Å². The van der Waals surface area contributed by atoms with E-state index < -0.39 is 12.1 Å².